The number of ketones is 2. The second-order valence-electron chi connectivity index (χ2n) is 11.0. The Balaban J connectivity index is 1.52. The number of Topliss-reactive ketones (excluding diaryl/α,β-unsaturated/α-hetero) is 2. The van der Waals surface area contributed by atoms with Crippen LogP contribution in [0.4, 0.5) is 0 Å². The Labute approximate surface area is 230 Å². The van der Waals surface area contributed by atoms with Crippen LogP contribution in [0.15, 0.2) is 36.0 Å². The number of aliphatic hydroxyl groups excluding tert-OH is 2. The molecule has 10 heteroatoms. The maximum atomic E-state index is 14.4. The second kappa shape index (κ2) is 9.43. The van der Waals surface area contributed by atoms with E-state index < -0.39 is 54.4 Å². The number of hydrogen-bond acceptors (Lipinski definition) is 10. The summed E-state index contributed by atoms with van der Waals surface area (Å²) in [6.07, 6.45) is -4.28. The number of phenols is 1. The third kappa shape index (κ3) is 3.77. The number of carbonyl (C=O) groups is 3. The van der Waals surface area contributed by atoms with Gasteiger partial charge in [-0.15, -0.1) is 0 Å². The summed E-state index contributed by atoms with van der Waals surface area (Å²) in [6, 6.07) is 7.08. The lowest BCUT2D eigenvalue weighted by Crippen LogP contribution is -2.48. The summed E-state index contributed by atoms with van der Waals surface area (Å²) in [6.45, 7) is 7.20. The topological polar surface area (TPSA) is 143 Å². The molecule has 40 heavy (non-hydrogen) atoms. The number of esters is 1. The minimum atomic E-state index is -1.09. The Morgan fingerprint density at radius 1 is 1.12 bits per heavy atom. The lowest BCUT2D eigenvalue weighted by molar-refractivity contribution is -0.216. The lowest BCUT2D eigenvalue weighted by Gasteiger charge is -2.40. The van der Waals surface area contributed by atoms with Crippen molar-refractivity contribution >= 4 is 23.1 Å². The average molecular weight is 550 g/mol. The molecule has 0 bridgehead atoms. The number of aliphatic hydroxyl groups is 2. The van der Waals surface area contributed by atoms with Crippen LogP contribution in [0.5, 0.6) is 11.5 Å². The molecule has 0 saturated carbocycles. The lowest BCUT2D eigenvalue weighted by atomic mass is 9.77. The number of benzene rings is 2. The molecule has 1 aliphatic carbocycles. The molecule has 210 valence electrons. The number of nitrogens with zero attached hydrogens (tertiary/aromatic N) is 1. The number of rotatable bonds is 4. The van der Waals surface area contributed by atoms with Gasteiger partial charge in [-0.1, -0.05) is 32.4 Å². The van der Waals surface area contributed by atoms with Crippen molar-refractivity contribution in [1.29, 1.82) is 0 Å². The van der Waals surface area contributed by atoms with Crippen LogP contribution in [0.3, 0.4) is 0 Å². The molecule has 0 amide bonds. The van der Waals surface area contributed by atoms with Gasteiger partial charge in [0.25, 0.3) is 0 Å². The molecule has 2 unspecified atom stereocenters. The van der Waals surface area contributed by atoms with Crippen LogP contribution < -0.4 is 4.74 Å². The summed E-state index contributed by atoms with van der Waals surface area (Å²) in [5.74, 6) is -1.86. The summed E-state index contributed by atoms with van der Waals surface area (Å²) >= 11 is 0. The summed E-state index contributed by atoms with van der Waals surface area (Å²) in [5.41, 5.74) is 1.42. The smallest absolute Gasteiger partial charge is 0.331 e. The summed E-state index contributed by atoms with van der Waals surface area (Å²) in [5, 5.41) is 31.3. The van der Waals surface area contributed by atoms with Crippen LogP contribution in [-0.4, -0.2) is 68.4 Å². The van der Waals surface area contributed by atoms with Gasteiger partial charge in [0.15, 0.2) is 5.78 Å². The molecular formula is C30H31NO9. The predicted octanol–water partition coefficient (Wildman–Crippen LogP) is 3.01. The first-order valence-electron chi connectivity index (χ1n) is 13.5. The van der Waals surface area contributed by atoms with Gasteiger partial charge in [-0.2, -0.15) is 0 Å². The van der Waals surface area contributed by atoms with Gasteiger partial charge in [0, 0.05) is 23.1 Å². The Kier molecular flexibility index (Phi) is 6.25. The predicted molar refractivity (Wildman–Crippen MR) is 140 cm³/mol. The zero-order valence-electron chi connectivity index (χ0n) is 22.6. The molecule has 6 rings (SSSR count). The van der Waals surface area contributed by atoms with Crippen molar-refractivity contribution in [2.75, 3.05) is 0 Å². The van der Waals surface area contributed by atoms with Gasteiger partial charge in [-0.05, 0) is 43.5 Å². The number of carbonyl (C=O) groups excluding carboxylic acids is 3. The fourth-order valence-electron chi connectivity index (χ4n) is 6.20. The van der Waals surface area contributed by atoms with Gasteiger partial charge in [0.05, 0.1) is 23.3 Å². The number of fused-ring (bicyclic) bond motifs is 6. The molecular weight excluding hydrogens is 518 g/mol. The molecule has 2 aromatic carbocycles. The number of hydrogen-bond donors (Lipinski definition) is 3. The molecule has 2 aromatic rings. The van der Waals surface area contributed by atoms with Crippen molar-refractivity contribution in [3.05, 3.63) is 63.8 Å². The van der Waals surface area contributed by atoms with Crippen molar-refractivity contribution in [3.8, 4) is 11.5 Å². The summed E-state index contributed by atoms with van der Waals surface area (Å²) in [7, 11) is 0. The third-order valence-electron chi connectivity index (χ3n) is 8.38. The first-order valence-corrected chi connectivity index (χ1v) is 13.5. The SMILES string of the molecule is CCC(C)[C@H]1C(=O)OC2c3cc(C)cc(O)c3C3=C(C(=O)c4c(O[C@H]5C[C@@H](O)[C@@H](O)[C@H](C)O5)cccc4C3=O)N21. The van der Waals surface area contributed by atoms with E-state index in [1.165, 1.54) is 18.2 Å². The largest absolute Gasteiger partial charge is 0.507 e. The minimum Gasteiger partial charge on any atom is -0.507 e. The highest BCUT2D eigenvalue weighted by Crippen LogP contribution is 2.53. The van der Waals surface area contributed by atoms with E-state index in [0.717, 1.165) is 0 Å². The summed E-state index contributed by atoms with van der Waals surface area (Å²) in [4.78, 5) is 43.4. The molecule has 3 N–H and O–H groups in total. The van der Waals surface area contributed by atoms with Crippen molar-refractivity contribution in [2.24, 2.45) is 5.92 Å². The van der Waals surface area contributed by atoms with Gasteiger partial charge < -0.3 is 34.4 Å². The van der Waals surface area contributed by atoms with Crippen LogP contribution in [0.2, 0.25) is 0 Å². The number of ether oxygens (including phenoxy) is 3. The highest BCUT2D eigenvalue weighted by Gasteiger charge is 2.55. The standard InChI is InChI=1S/C30H31NO9/c1-5-13(3)24-30(37)40-29-16-9-12(2)10-17(32)21(16)23-25(31(24)29)28(36)22-15(27(23)35)7-6-8-19(22)39-20-11-18(33)26(34)14(4)38-20/h6-10,13-14,18,20,24,26,29,32-34H,5,11H2,1-4H3/t13?,14-,18+,20-,24-,26-,29?/m0/s1. The molecule has 2 fully saturated rings. The number of allylic oxidation sites excluding steroid dienone is 2. The molecule has 0 spiro atoms. The van der Waals surface area contributed by atoms with E-state index >= 15 is 0 Å². The maximum absolute atomic E-state index is 14.4. The fraction of sp³-hybridized carbons (Fsp3) is 0.433. The monoisotopic (exact) mass is 549 g/mol. The van der Waals surface area contributed by atoms with E-state index in [2.05, 4.69) is 0 Å². The van der Waals surface area contributed by atoms with Gasteiger partial charge in [0.1, 0.15) is 29.3 Å². The van der Waals surface area contributed by atoms with Gasteiger partial charge in [-0.25, -0.2) is 4.79 Å². The van der Waals surface area contributed by atoms with Crippen LogP contribution in [-0.2, 0) is 14.3 Å². The normalized spacial score (nSPS) is 29.9. The molecule has 3 aliphatic heterocycles. The van der Waals surface area contributed by atoms with Crippen LogP contribution in [0.1, 0.15) is 77.2 Å². The second-order valence-corrected chi connectivity index (χ2v) is 11.0. The first-order chi connectivity index (χ1) is 19.0. The fourth-order valence-corrected chi connectivity index (χ4v) is 6.20. The molecule has 0 radical (unpaired) electrons. The Morgan fingerprint density at radius 2 is 1.88 bits per heavy atom. The zero-order chi connectivity index (χ0) is 28.6. The minimum absolute atomic E-state index is 0.000771. The van der Waals surface area contributed by atoms with Crippen molar-refractivity contribution in [3.63, 3.8) is 0 Å². The van der Waals surface area contributed by atoms with E-state index in [-0.39, 0.29) is 51.8 Å². The molecule has 3 heterocycles. The van der Waals surface area contributed by atoms with Crippen molar-refractivity contribution < 1.29 is 43.9 Å². The number of phenolic OH excluding ortho intramolecular Hbond substituents is 1. The van der Waals surface area contributed by atoms with Gasteiger partial charge in [-0.3, -0.25) is 9.59 Å². The van der Waals surface area contributed by atoms with Crippen LogP contribution >= 0.6 is 0 Å². The van der Waals surface area contributed by atoms with E-state index in [1.54, 1.807) is 30.9 Å². The molecule has 7 atom stereocenters. The van der Waals surface area contributed by atoms with Crippen LogP contribution in [0.25, 0.3) is 5.57 Å². The highest BCUT2D eigenvalue weighted by atomic mass is 16.7. The zero-order valence-corrected chi connectivity index (χ0v) is 22.6. The summed E-state index contributed by atoms with van der Waals surface area (Å²) < 4.78 is 17.5. The highest BCUT2D eigenvalue weighted by molar-refractivity contribution is 6.41. The van der Waals surface area contributed by atoms with E-state index in [0.29, 0.717) is 17.5 Å². The number of aromatic hydroxyl groups is 1. The maximum Gasteiger partial charge on any atom is 0.331 e. The van der Waals surface area contributed by atoms with Gasteiger partial charge >= 0.3 is 5.97 Å². The first kappa shape index (κ1) is 26.5. The Bertz CT molecular complexity index is 1470. The molecule has 4 aliphatic rings. The molecule has 2 saturated heterocycles. The van der Waals surface area contributed by atoms with E-state index in [1.807, 2.05) is 13.8 Å². The average Bonchev–Trinajstić information content (AvgIpc) is 3.26. The molecule has 0 aromatic heterocycles. The Hall–Kier alpha value is -3.73. The van der Waals surface area contributed by atoms with Crippen molar-refractivity contribution in [1.82, 2.24) is 4.90 Å². The van der Waals surface area contributed by atoms with Crippen molar-refractivity contribution in [2.45, 2.75) is 77.4 Å². The van der Waals surface area contributed by atoms with Crippen LogP contribution in [0, 0.1) is 12.8 Å². The number of aryl methyl sites for hydroxylation is 1. The van der Waals surface area contributed by atoms with E-state index in [4.69, 9.17) is 14.2 Å². The molecule has 10 nitrogen and oxygen atoms in total. The third-order valence-corrected chi connectivity index (χ3v) is 8.38. The quantitative estimate of drug-likeness (QED) is 0.487. The Morgan fingerprint density at radius 3 is 2.58 bits per heavy atom. The van der Waals surface area contributed by atoms with E-state index in [9.17, 15) is 29.7 Å². The van der Waals surface area contributed by atoms with Gasteiger partial charge in [0.2, 0.25) is 18.3 Å².